The maximum absolute atomic E-state index is 9.72. The predicted molar refractivity (Wildman–Crippen MR) is 27.3 cm³/mol. The summed E-state index contributed by atoms with van der Waals surface area (Å²) >= 11 is 0. The monoisotopic (exact) mass is 117 g/mol. The zero-order valence-corrected chi connectivity index (χ0v) is 4.46. The van der Waals surface area contributed by atoms with Crippen LogP contribution in [0.5, 0.6) is 0 Å². The van der Waals surface area contributed by atoms with E-state index in [9.17, 15) is 9.90 Å². The SMILES string of the molecule is NCC(N)CC([O])=O. The van der Waals surface area contributed by atoms with E-state index >= 15 is 0 Å². The molecule has 1 atom stereocenters. The fourth-order valence-corrected chi connectivity index (χ4v) is 0.297. The van der Waals surface area contributed by atoms with E-state index < -0.39 is 12.0 Å². The van der Waals surface area contributed by atoms with E-state index in [1.54, 1.807) is 0 Å². The summed E-state index contributed by atoms with van der Waals surface area (Å²) in [4.78, 5) is 9.72. The van der Waals surface area contributed by atoms with Crippen LogP contribution in [0.3, 0.4) is 0 Å². The van der Waals surface area contributed by atoms with Gasteiger partial charge in [0.2, 0.25) is 0 Å². The number of hydrogen-bond donors (Lipinski definition) is 2. The van der Waals surface area contributed by atoms with Crippen LogP contribution in [0.2, 0.25) is 0 Å². The third-order valence-electron chi connectivity index (χ3n) is 0.732. The van der Waals surface area contributed by atoms with Crippen LogP contribution in [0.15, 0.2) is 0 Å². The first-order valence-corrected chi connectivity index (χ1v) is 2.32. The highest BCUT2D eigenvalue weighted by molar-refractivity contribution is 5.67. The summed E-state index contributed by atoms with van der Waals surface area (Å²) in [6.07, 6.45) is -0.156. The molecular formula is C4H9N2O2. The van der Waals surface area contributed by atoms with E-state index in [0.717, 1.165) is 0 Å². The lowest BCUT2D eigenvalue weighted by Crippen LogP contribution is -2.31. The van der Waals surface area contributed by atoms with E-state index in [4.69, 9.17) is 11.5 Å². The van der Waals surface area contributed by atoms with Crippen molar-refractivity contribution in [3.8, 4) is 0 Å². The smallest absolute Gasteiger partial charge is 0.329 e. The molecular weight excluding hydrogens is 108 g/mol. The standard InChI is InChI=1S/C4H9N2O2/c5-2-3(6)1-4(7)8/h3H,1-2,5-6H2. The molecule has 0 saturated carbocycles. The molecule has 0 amide bonds. The summed E-state index contributed by atoms with van der Waals surface area (Å²) in [5, 5.41) is 9.72. The Morgan fingerprint density at radius 2 is 2.12 bits per heavy atom. The number of rotatable bonds is 3. The molecule has 0 aromatic heterocycles. The topological polar surface area (TPSA) is 89.0 Å². The van der Waals surface area contributed by atoms with Gasteiger partial charge in [-0.05, 0) is 0 Å². The van der Waals surface area contributed by atoms with Gasteiger partial charge in [0.15, 0.2) is 0 Å². The van der Waals surface area contributed by atoms with Crippen LogP contribution in [-0.4, -0.2) is 18.6 Å². The highest BCUT2D eigenvalue weighted by Crippen LogP contribution is 1.83. The van der Waals surface area contributed by atoms with Gasteiger partial charge in [-0.15, -0.1) is 0 Å². The van der Waals surface area contributed by atoms with E-state index in [0.29, 0.717) is 0 Å². The second kappa shape index (κ2) is 3.40. The molecule has 0 saturated heterocycles. The van der Waals surface area contributed by atoms with Crippen LogP contribution in [0.1, 0.15) is 6.42 Å². The molecule has 0 aromatic carbocycles. The van der Waals surface area contributed by atoms with Crippen molar-refractivity contribution in [2.24, 2.45) is 11.5 Å². The first-order chi connectivity index (χ1) is 3.66. The molecule has 0 heterocycles. The van der Waals surface area contributed by atoms with Gasteiger partial charge in [-0.1, -0.05) is 0 Å². The molecule has 0 aromatic rings. The Labute approximate surface area is 47.5 Å². The Balaban J connectivity index is 3.24. The number of carbonyl (C=O) groups excluding carboxylic acids is 1. The average molecular weight is 117 g/mol. The van der Waals surface area contributed by atoms with E-state index in [-0.39, 0.29) is 13.0 Å². The summed E-state index contributed by atoms with van der Waals surface area (Å²) in [6.45, 7) is 0.188. The largest absolute Gasteiger partial charge is 0.357 e. The fourth-order valence-electron chi connectivity index (χ4n) is 0.297. The Kier molecular flexibility index (Phi) is 3.14. The van der Waals surface area contributed by atoms with Crippen LogP contribution < -0.4 is 11.5 Å². The lowest BCUT2D eigenvalue weighted by Gasteiger charge is -2.00. The predicted octanol–water partition coefficient (Wildman–Crippen LogP) is -1.38. The van der Waals surface area contributed by atoms with Crippen molar-refractivity contribution < 1.29 is 9.90 Å². The maximum Gasteiger partial charge on any atom is 0.357 e. The molecule has 4 N–H and O–H groups in total. The Hall–Kier alpha value is -0.610. The number of hydrogen-bond acceptors (Lipinski definition) is 3. The first kappa shape index (κ1) is 7.39. The highest BCUT2D eigenvalue weighted by atomic mass is 16.4. The van der Waals surface area contributed by atoms with Gasteiger partial charge in [-0.2, -0.15) is 0 Å². The quantitative estimate of drug-likeness (QED) is 0.477. The Morgan fingerprint density at radius 1 is 1.62 bits per heavy atom. The molecule has 4 heteroatoms. The molecule has 47 valence electrons. The Morgan fingerprint density at radius 3 is 2.25 bits per heavy atom. The third-order valence-corrected chi connectivity index (χ3v) is 0.732. The zero-order chi connectivity index (χ0) is 6.57. The summed E-state index contributed by atoms with van der Waals surface area (Å²) in [6, 6.07) is -0.458. The second-order valence-electron chi connectivity index (χ2n) is 1.57. The van der Waals surface area contributed by atoms with Crippen molar-refractivity contribution in [3.63, 3.8) is 0 Å². The average Bonchev–Trinajstić information content (AvgIpc) is 1.65. The van der Waals surface area contributed by atoms with Crippen LogP contribution in [-0.2, 0) is 9.90 Å². The minimum absolute atomic E-state index is 0.156. The molecule has 1 radical (unpaired) electrons. The molecule has 0 aliphatic heterocycles. The second-order valence-corrected chi connectivity index (χ2v) is 1.57. The lowest BCUT2D eigenvalue weighted by atomic mass is 10.2. The minimum Gasteiger partial charge on any atom is -0.329 e. The summed E-state index contributed by atoms with van der Waals surface area (Å²) in [5.41, 5.74) is 10.1. The number of nitrogens with two attached hydrogens (primary N) is 2. The van der Waals surface area contributed by atoms with Crippen molar-refractivity contribution in [1.82, 2.24) is 0 Å². The lowest BCUT2D eigenvalue weighted by molar-refractivity contribution is -0.143. The van der Waals surface area contributed by atoms with Crippen LogP contribution in [0.25, 0.3) is 0 Å². The van der Waals surface area contributed by atoms with E-state index in [1.807, 2.05) is 0 Å². The molecule has 4 nitrogen and oxygen atoms in total. The molecule has 8 heavy (non-hydrogen) atoms. The minimum atomic E-state index is -1.15. The molecule has 0 spiro atoms. The fraction of sp³-hybridized carbons (Fsp3) is 0.750. The van der Waals surface area contributed by atoms with Crippen LogP contribution in [0, 0.1) is 0 Å². The van der Waals surface area contributed by atoms with Gasteiger partial charge >= 0.3 is 5.97 Å². The van der Waals surface area contributed by atoms with Gasteiger partial charge in [0.25, 0.3) is 0 Å². The van der Waals surface area contributed by atoms with Gasteiger partial charge in [-0.25, -0.2) is 9.90 Å². The van der Waals surface area contributed by atoms with Gasteiger partial charge in [-0.3, -0.25) is 0 Å². The van der Waals surface area contributed by atoms with E-state index in [2.05, 4.69) is 0 Å². The first-order valence-electron chi connectivity index (χ1n) is 2.32. The Bertz CT molecular complexity index is 84.1. The summed E-state index contributed by atoms with van der Waals surface area (Å²) in [5.74, 6) is -1.15. The number of carbonyl (C=O) groups is 1. The van der Waals surface area contributed by atoms with Gasteiger partial charge in [0, 0.05) is 12.6 Å². The molecule has 1 unspecified atom stereocenters. The highest BCUT2D eigenvalue weighted by Gasteiger charge is 2.05. The maximum atomic E-state index is 9.72. The van der Waals surface area contributed by atoms with Crippen molar-refractivity contribution >= 4 is 5.97 Å². The third kappa shape index (κ3) is 3.58. The van der Waals surface area contributed by atoms with Crippen LogP contribution in [0.4, 0.5) is 0 Å². The summed E-state index contributed by atoms with van der Waals surface area (Å²) in [7, 11) is 0. The zero-order valence-electron chi connectivity index (χ0n) is 4.46. The molecule has 0 aliphatic carbocycles. The molecule has 0 fully saturated rings. The van der Waals surface area contributed by atoms with E-state index in [1.165, 1.54) is 0 Å². The molecule has 0 rings (SSSR count). The van der Waals surface area contributed by atoms with Gasteiger partial charge in [0.1, 0.15) is 0 Å². The van der Waals surface area contributed by atoms with Crippen molar-refractivity contribution in [1.29, 1.82) is 0 Å². The van der Waals surface area contributed by atoms with Crippen molar-refractivity contribution in [3.05, 3.63) is 0 Å². The van der Waals surface area contributed by atoms with Gasteiger partial charge < -0.3 is 11.5 Å². The van der Waals surface area contributed by atoms with Crippen LogP contribution >= 0.6 is 0 Å². The molecule has 0 bridgehead atoms. The molecule has 0 aliphatic rings. The van der Waals surface area contributed by atoms with Gasteiger partial charge in [0.05, 0.1) is 6.42 Å². The summed E-state index contributed by atoms with van der Waals surface area (Å²) < 4.78 is 0. The van der Waals surface area contributed by atoms with Crippen molar-refractivity contribution in [2.45, 2.75) is 12.5 Å². The normalized spacial score (nSPS) is 13.2. The van der Waals surface area contributed by atoms with Crippen molar-refractivity contribution in [2.75, 3.05) is 6.54 Å².